The van der Waals surface area contributed by atoms with E-state index in [-0.39, 0.29) is 0 Å². The van der Waals surface area contributed by atoms with E-state index in [1.807, 2.05) is 0 Å². The Hall–Kier alpha value is -1.33. The first-order valence-corrected chi connectivity index (χ1v) is 7.02. The number of rotatable bonds is 4. The first kappa shape index (κ1) is 14.1. The summed E-state index contributed by atoms with van der Waals surface area (Å²) in [5.41, 5.74) is 5.74. The van der Waals surface area contributed by atoms with Gasteiger partial charge in [-0.05, 0) is 40.5 Å². The van der Waals surface area contributed by atoms with E-state index in [1.165, 1.54) is 0 Å². The maximum Gasteiger partial charge on any atom is 0.224 e. The molecule has 0 bridgehead atoms. The van der Waals surface area contributed by atoms with Crippen LogP contribution in [0.4, 0.5) is 5.82 Å². The zero-order chi connectivity index (χ0) is 13.8. The van der Waals surface area contributed by atoms with Gasteiger partial charge in [0.05, 0.1) is 4.47 Å². The molecule has 1 aromatic carbocycles. The van der Waals surface area contributed by atoms with Crippen LogP contribution >= 0.6 is 27.5 Å². The fourth-order valence-electron chi connectivity index (χ4n) is 1.55. The SMILES string of the molecule is CCCc1nc(N)cc(Oc2ccc(Cl)cc2Br)n1. The second kappa shape index (κ2) is 6.21. The van der Waals surface area contributed by atoms with E-state index in [0.717, 1.165) is 17.3 Å². The monoisotopic (exact) mass is 341 g/mol. The zero-order valence-corrected chi connectivity index (χ0v) is 12.7. The van der Waals surface area contributed by atoms with Crippen molar-refractivity contribution in [1.82, 2.24) is 9.97 Å². The third-order valence-electron chi connectivity index (χ3n) is 2.35. The smallest absolute Gasteiger partial charge is 0.224 e. The number of halogens is 2. The summed E-state index contributed by atoms with van der Waals surface area (Å²) in [6, 6.07) is 6.87. The van der Waals surface area contributed by atoms with Crippen LogP contribution in [0.3, 0.4) is 0 Å². The van der Waals surface area contributed by atoms with Crippen LogP contribution in [-0.4, -0.2) is 9.97 Å². The molecule has 0 spiro atoms. The molecule has 4 nitrogen and oxygen atoms in total. The summed E-state index contributed by atoms with van der Waals surface area (Å²) in [6.07, 6.45) is 1.72. The van der Waals surface area contributed by atoms with Crippen molar-refractivity contribution in [2.45, 2.75) is 19.8 Å². The zero-order valence-electron chi connectivity index (χ0n) is 10.4. The molecule has 1 heterocycles. The molecule has 19 heavy (non-hydrogen) atoms. The van der Waals surface area contributed by atoms with E-state index in [0.29, 0.717) is 28.3 Å². The van der Waals surface area contributed by atoms with Crippen molar-refractivity contribution in [1.29, 1.82) is 0 Å². The highest BCUT2D eigenvalue weighted by molar-refractivity contribution is 9.10. The molecule has 2 N–H and O–H groups in total. The highest BCUT2D eigenvalue weighted by Gasteiger charge is 2.07. The molecular weight excluding hydrogens is 330 g/mol. The number of nitrogens with zero attached hydrogens (tertiary/aromatic N) is 2. The van der Waals surface area contributed by atoms with Crippen molar-refractivity contribution in [2.75, 3.05) is 5.73 Å². The predicted molar refractivity (Wildman–Crippen MR) is 79.7 cm³/mol. The maximum absolute atomic E-state index is 5.88. The van der Waals surface area contributed by atoms with Crippen molar-refractivity contribution in [2.24, 2.45) is 0 Å². The van der Waals surface area contributed by atoms with Crippen molar-refractivity contribution < 1.29 is 4.74 Å². The van der Waals surface area contributed by atoms with Crippen molar-refractivity contribution in [3.05, 3.63) is 39.6 Å². The Balaban J connectivity index is 2.27. The van der Waals surface area contributed by atoms with Crippen LogP contribution in [0.1, 0.15) is 19.2 Å². The lowest BCUT2D eigenvalue weighted by molar-refractivity contribution is 0.456. The van der Waals surface area contributed by atoms with Gasteiger partial charge < -0.3 is 10.5 Å². The van der Waals surface area contributed by atoms with Gasteiger partial charge >= 0.3 is 0 Å². The molecule has 100 valence electrons. The third kappa shape index (κ3) is 3.81. The summed E-state index contributed by atoms with van der Waals surface area (Å²) < 4.78 is 6.45. The maximum atomic E-state index is 5.88. The highest BCUT2D eigenvalue weighted by Crippen LogP contribution is 2.31. The Kier molecular flexibility index (Phi) is 4.61. The van der Waals surface area contributed by atoms with Crippen molar-refractivity contribution in [3.8, 4) is 11.6 Å². The Morgan fingerprint density at radius 2 is 2.11 bits per heavy atom. The number of hydrogen-bond acceptors (Lipinski definition) is 4. The summed E-state index contributed by atoms with van der Waals surface area (Å²) in [5, 5.41) is 0.632. The molecule has 0 radical (unpaired) electrons. The van der Waals surface area contributed by atoms with Gasteiger partial charge in [0.15, 0.2) is 0 Å². The second-order valence-electron chi connectivity index (χ2n) is 3.97. The van der Waals surface area contributed by atoms with Crippen LogP contribution < -0.4 is 10.5 Å². The molecule has 0 amide bonds. The topological polar surface area (TPSA) is 61.0 Å². The number of aromatic nitrogens is 2. The summed E-state index contributed by atoms with van der Waals surface area (Å²) >= 11 is 9.27. The Labute approximate surface area is 125 Å². The molecule has 0 aliphatic rings. The van der Waals surface area contributed by atoms with Crippen LogP contribution in [0.2, 0.25) is 5.02 Å². The second-order valence-corrected chi connectivity index (χ2v) is 5.26. The molecular formula is C13H13BrClN3O. The van der Waals surface area contributed by atoms with E-state index in [2.05, 4.69) is 32.8 Å². The lowest BCUT2D eigenvalue weighted by Crippen LogP contribution is -2.01. The first-order valence-electron chi connectivity index (χ1n) is 5.85. The normalized spacial score (nSPS) is 10.5. The van der Waals surface area contributed by atoms with Crippen molar-refractivity contribution >= 4 is 33.3 Å². The summed E-state index contributed by atoms with van der Waals surface area (Å²) in [4.78, 5) is 8.47. The van der Waals surface area contributed by atoms with Crippen LogP contribution in [0.25, 0.3) is 0 Å². The van der Waals surface area contributed by atoms with Crippen molar-refractivity contribution in [3.63, 3.8) is 0 Å². The third-order valence-corrected chi connectivity index (χ3v) is 3.21. The van der Waals surface area contributed by atoms with Crippen LogP contribution in [0.5, 0.6) is 11.6 Å². The molecule has 6 heteroatoms. The average Bonchev–Trinajstić information content (AvgIpc) is 2.32. The van der Waals surface area contributed by atoms with Gasteiger partial charge in [0.2, 0.25) is 5.88 Å². The Bertz CT molecular complexity index is 592. The minimum Gasteiger partial charge on any atom is -0.438 e. The van der Waals surface area contributed by atoms with Gasteiger partial charge in [-0.1, -0.05) is 18.5 Å². The van der Waals surface area contributed by atoms with Crippen LogP contribution in [0, 0.1) is 0 Å². The van der Waals surface area contributed by atoms with Gasteiger partial charge in [-0.3, -0.25) is 0 Å². The van der Waals surface area contributed by atoms with Gasteiger partial charge in [-0.2, -0.15) is 4.98 Å². The molecule has 0 unspecified atom stereocenters. The quantitative estimate of drug-likeness (QED) is 0.903. The minimum atomic E-state index is 0.401. The van der Waals surface area contributed by atoms with Gasteiger partial charge in [0.25, 0.3) is 0 Å². The molecule has 0 saturated heterocycles. The van der Waals surface area contributed by atoms with E-state index in [1.54, 1.807) is 24.3 Å². The number of ether oxygens (including phenoxy) is 1. The van der Waals surface area contributed by atoms with Gasteiger partial charge in [-0.25, -0.2) is 4.98 Å². The Morgan fingerprint density at radius 3 is 2.79 bits per heavy atom. The number of aryl methyl sites for hydroxylation is 1. The number of anilines is 1. The largest absolute Gasteiger partial charge is 0.438 e. The summed E-state index contributed by atoms with van der Waals surface area (Å²) in [6.45, 7) is 2.06. The fourth-order valence-corrected chi connectivity index (χ4v) is 2.31. The number of hydrogen-bond donors (Lipinski definition) is 1. The van der Waals surface area contributed by atoms with E-state index < -0.39 is 0 Å². The predicted octanol–water partition coefficient (Wildman–Crippen LogP) is 4.22. The molecule has 2 rings (SSSR count). The summed E-state index contributed by atoms with van der Waals surface area (Å²) in [5.74, 6) is 2.14. The molecule has 0 aliphatic carbocycles. The number of benzene rings is 1. The lowest BCUT2D eigenvalue weighted by atomic mass is 10.3. The highest BCUT2D eigenvalue weighted by atomic mass is 79.9. The van der Waals surface area contributed by atoms with Gasteiger partial charge in [0.1, 0.15) is 17.4 Å². The first-order chi connectivity index (χ1) is 9.08. The standard InChI is InChI=1S/C13H13BrClN3O/c1-2-3-12-17-11(16)7-13(18-12)19-10-5-4-8(15)6-9(10)14/h4-7H,2-3H2,1H3,(H2,16,17,18). The van der Waals surface area contributed by atoms with Crippen LogP contribution in [0.15, 0.2) is 28.7 Å². The van der Waals surface area contributed by atoms with E-state index in [4.69, 9.17) is 22.1 Å². The van der Waals surface area contributed by atoms with Crippen LogP contribution in [-0.2, 0) is 6.42 Å². The number of nitrogen functional groups attached to an aromatic ring is 1. The lowest BCUT2D eigenvalue weighted by Gasteiger charge is -2.09. The van der Waals surface area contributed by atoms with E-state index in [9.17, 15) is 0 Å². The molecule has 0 saturated carbocycles. The van der Waals surface area contributed by atoms with E-state index >= 15 is 0 Å². The molecule has 0 fully saturated rings. The fraction of sp³-hybridized carbons (Fsp3) is 0.231. The Morgan fingerprint density at radius 1 is 1.32 bits per heavy atom. The molecule has 0 atom stereocenters. The molecule has 1 aromatic heterocycles. The minimum absolute atomic E-state index is 0.401. The molecule has 2 aromatic rings. The van der Waals surface area contributed by atoms with Gasteiger partial charge in [0, 0.05) is 17.5 Å². The van der Waals surface area contributed by atoms with Gasteiger partial charge in [-0.15, -0.1) is 0 Å². The number of nitrogens with two attached hydrogens (primary N) is 1. The molecule has 0 aliphatic heterocycles. The summed E-state index contributed by atoms with van der Waals surface area (Å²) in [7, 11) is 0. The average molecular weight is 343 g/mol.